The molecule has 0 aliphatic carbocycles. The lowest BCUT2D eigenvalue weighted by atomic mass is 10.1. The van der Waals surface area contributed by atoms with Crippen LogP contribution in [0.1, 0.15) is 18.2 Å². The quantitative estimate of drug-likeness (QED) is 0.366. The Kier molecular flexibility index (Phi) is 4.99. The third-order valence-corrected chi connectivity index (χ3v) is 2.79. The molecule has 0 amide bonds. The first-order chi connectivity index (χ1) is 10.2. The highest BCUT2D eigenvalue weighted by Gasteiger charge is 2.16. The van der Waals surface area contributed by atoms with Crippen molar-refractivity contribution >= 4 is 17.8 Å². The Labute approximate surface area is 123 Å². The molecule has 0 atom stereocenters. The Hall–Kier alpha value is -2.75. The van der Waals surface area contributed by atoms with E-state index in [0.29, 0.717) is 5.69 Å². The normalized spacial score (nSPS) is 11.0. The highest BCUT2D eigenvalue weighted by atomic mass is 16.5. The van der Waals surface area contributed by atoms with E-state index in [4.69, 9.17) is 4.74 Å². The smallest absolute Gasteiger partial charge is 0.342 e. The molecule has 0 aliphatic rings. The summed E-state index contributed by atoms with van der Waals surface area (Å²) in [5.41, 5.74) is 1.40. The van der Waals surface area contributed by atoms with Crippen molar-refractivity contribution in [2.24, 2.45) is 0 Å². The van der Waals surface area contributed by atoms with Crippen LogP contribution in [0.3, 0.4) is 0 Å². The van der Waals surface area contributed by atoms with Crippen molar-refractivity contribution in [3.05, 3.63) is 71.6 Å². The van der Waals surface area contributed by atoms with Crippen LogP contribution in [0.4, 0.5) is 0 Å². The van der Waals surface area contributed by atoms with Crippen molar-refractivity contribution in [2.75, 3.05) is 0 Å². The van der Waals surface area contributed by atoms with Gasteiger partial charge in [-0.25, -0.2) is 4.79 Å². The average molecular weight is 281 g/mol. The second-order valence-corrected chi connectivity index (χ2v) is 4.43. The van der Waals surface area contributed by atoms with Crippen LogP contribution < -0.4 is 0 Å². The summed E-state index contributed by atoms with van der Waals surface area (Å²) in [6, 6.07) is 14.6. The summed E-state index contributed by atoms with van der Waals surface area (Å²) in [6.45, 7) is 1.46. The van der Waals surface area contributed by atoms with E-state index in [1.54, 1.807) is 24.4 Å². The number of nitrogens with zero attached hydrogens (tertiary/aromatic N) is 1. The number of ketones is 1. The first-order valence-corrected chi connectivity index (χ1v) is 6.51. The van der Waals surface area contributed by atoms with Crippen molar-refractivity contribution in [3.8, 4) is 0 Å². The van der Waals surface area contributed by atoms with Crippen molar-refractivity contribution < 1.29 is 14.3 Å². The number of Topliss-reactive ketones (excluding diaryl/α,β-unsaturated/α-hetero) is 1. The number of carbonyl (C=O) groups is 2. The van der Waals surface area contributed by atoms with Gasteiger partial charge in [-0.2, -0.15) is 0 Å². The van der Waals surface area contributed by atoms with Crippen molar-refractivity contribution in [1.29, 1.82) is 0 Å². The van der Waals surface area contributed by atoms with E-state index < -0.39 is 5.97 Å². The number of hydrogen-bond donors (Lipinski definition) is 0. The first-order valence-electron chi connectivity index (χ1n) is 6.51. The molecule has 0 radical (unpaired) electrons. The summed E-state index contributed by atoms with van der Waals surface area (Å²) in [7, 11) is 0. The zero-order valence-electron chi connectivity index (χ0n) is 11.7. The lowest BCUT2D eigenvalue weighted by Gasteiger charge is -2.06. The van der Waals surface area contributed by atoms with Crippen LogP contribution in [0.2, 0.25) is 0 Å². The number of benzene rings is 1. The molecule has 106 valence electrons. The van der Waals surface area contributed by atoms with Gasteiger partial charge in [-0.1, -0.05) is 36.4 Å². The van der Waals surface area contributed by atoms with Crippen LogP contribution in [-0.2, 0) is 20.9 Å². The van der Waals surface area contributed by atoms with E-state index in [2.05, 4.69) is 4.98 Å². The molecule has 2 rings (SSSR count). The molecule has 0 saturated heterocycles. The minimum absolute atomic E-state index is 0.00960. The van der Waals surface area contributed by atoms with Gasteiger partial charge in [-0.15, -0.1) is 0 Å². The molecule has 4 nitrogen and oxygen atoms in total. The molecular weight excluding hydrogens is 266 g/mol. The number of hydrogen-bond acceptors (Lipinski definition) is 4. The zero-order valence-corrected chi connectivity index (χ0v) is 11.7. The number of esters is 1. The Morgan fingerprint density at radius 2 is 1.81 bits per heavy atom. The molecule has 0 fully saturated rings. The van der Waals surface area contributed by atoms with Crippen LogP contribution in [0.15, 0.2) is 60.3 Å². The predicted molar refractivity (Wildman–Crippen MR) is 79.1 cm³/mol. The van der Waals surface area contributed by atoms with Crippen molar-refractivity contribution in [3.63, 3.8) is 0 Å². The second-order valence-electron chi connectivity index (χ2n) is 4.43. The Bertz CT molecular complexity index is 648. The fourth-order valence-electron chi connectivity index (χ4n) is 1.71. The molecule has 0 unspecified atom stereocenters. The minimum atomic E-state index is -0.642. The Balaban J connectivity index is 2.10. The maximum absolute atomic E-state index is 12.0. The van der Waals surface area contributed by atoms with E-state index in [0.717, 1.165) is 5.56 Å². The number of aromatic nitrogens is 1. The van der Waals surface area contributed by atoms with Gasteiger partial charge in [0.05, 0.1) is 5.69 Å². The SMILES string of the molecule is CC(=O)C(=Cc1ccccn1)C(=O)OCc1ccccc1. The topological polar surface area (TPSA) is 56.3 Å². The molecular formula is C17H15NO3. The molecule has 4 heteroatoms. The highest BCUT2D eigenvalue weighted by molar-refractivity contribution is 6.19. The van der Waals surface area contributed by atoms with Gasteiger partial charge >= 0.3 is 5.97 Å². The van der Waals surface area contributed by atoms with Gasteiger partial charge in [0.25, 0.3) is 0 Å². The Morgan fingerprint density at radius 1 is 1.10 bits per heavy atom. The summed E-state index contributed by atoms with van der Waals surface area (Å²) >= 11 is 0. The largest absolute Gasteiger partial charge is 0.457 e. The van der Waals surface area contributed by atoms with E-state index in [9.17, 15) is 9.59 Å². The van der Waals surface area contributed by atoms with Crippen LogP contribution >= 0.6 is 0 Å². The molecule has 0 spiro atoms. The van der Waals surface area contributed by atoms with Gasteiger partial charge in [0.1, 0.15) is 12.2 Å². The third kappa shape index (κ3) is 4.38. The van der Waals surface area contributed by atoms with E-state index in [1.165, 1.54) is 13.0 Å². The molecule has 1 aromatic carbocycles. The molecule has 21 heavy (non-hydrogen) atoms. The second kappa shape index (κ2) is 7.14. The summed E-state index contributed by atoms with van der Waals surface area (Å²) in [5.74, 6) is -0.990. The summed E-state index contributed by atoms with van der Waals surface area (Å²) in [4.78, 5) is 27.7. The molecule has 0 bridgehead atoms. The van der Waals surface area contributed by atoms with Gasteiger partial charge in [-0.05, 0) is 30.7 Å². The first kappa shape index (κ1) is 14.7. The van der Waals surface area contributed by atoms with Crippen LogP contribution in [0, 0.1) is 0 Å². The minimum Gasteiger partial charge on any atom is -0.457 e. The van der Waals surface area contributed by atoms with E-state index in [1.807, 2.05) is 30.3 Å². The number of carbonyl (C=O) groups excluding carboxylic acids is 2. The number of pyridine rings is 1. The zero-order chi connectivity index (χ0) is 15.1. The monoisotopic (exact) mass is 281 g/mol. The summed E-state index contributed by atoms with van der Waals surface area (Å²) in [6.07, 6.45) is 3.04. The fraction of sp³-hybridized carbons (Fsp3) is 0.118. The highest BCUT2D eigenvalue weighted by Crippen LogP contribution is 2.09. The average Bonchev–Trinajstić information content (AvgIpc) is 2.52. The van der Waals surface area contributed by atoms with Crippen molar-refractivity contribution in [1.82, 2.24) is 4.98 Å². The predicted octanol–water partition coefficient (Wildman–Crippen LogP) is 2.80. The lowest BCUT2D eigenvalue weighted by Crippen LogP contribution is -2.13. The molecule has 0 N–H and O–H groups in total. The van der Waals surface area contributed by atoms with E-state index in [-0.39, 0.29) is 18.0 Å². The molecule has 1 heterocycles. The van der Waals surface area contributed by atoms with Gasteiger partial charge in [0, 0.05) is 6.20 Å². The molecule has 0 saturated carbocycles. The van der Waals surface area contributed by atoms with Crippen LogP contribution in [0.25, 0.3) is 6.08 Å². The van der Waals surface area contributed by atoms with Gasteiger partial charge in [0.15, 0.2) is 5.78 Å². The summed E-state index contributed by atoms with van der Waals surface area (Å²) in [5, 5.41) is 0. The van der Waals surface area contributed by atoms with Crippen molar-refractivity contribution in [2.45, 2.75) is 13.5 Å². The number of rotatable bonds is 5. The molecule has 2 aromatic rings. The van der Waals surface area contributed by atoms with Gasteiger partial charge in [-0.3, -0.25) is 9.78 Å². The third-order valence-electron chi connectivity index (χ3n) is 2.79. The number of ether oxygens (including phenoxy) is 1. The maximum atomic E-state index is 12.0. The van der Waals surface area contributed by atoms with Gasteiger partial charge in [0.2, 0.25) is 0 Å². The molecule has 1 aromatic heterocycles. The maximum Gasteiger partial charge on any atom is 0.342 e. The van der Waals surface area contributed by atoms with Crippen LogP contribution in [-0.4, -0.2) is 16.7 Å². The molecule has 0 aliphatic heterocycles. The fourth-order valence-corrected chi connectivity index (χ4v) is 1.71. The lowest BCUT2D eigenvalue weighted by molar-refractivity contribution is -0.141. The standard InChI is InChI=1S/C17H15NO3/c1-13(19)16(11-15-9-5-6-10-18-15)17(20)21-12-14-7-3-2-4-8-14/h2-11H,12H2,1H3. The summed E-state index contributed by atoms with van der Waals surface area (Å²) < 4.78 is 5.17. The van der Waals surface area contributed by atoms with Crippen LogP contribution in [0.5, 0.6) is 0 Å². The van der Waals surface area contributed by atoms with Gasteiger partial charge < -0.3 is 4.74 Å². The Morgan fingerprint density at radius 3 is 2.43 bits per heavy atom. The van der Waals surface area contributed by atoms with E-state index >= 15 is 0 Å².